The molecule has 1 saturated carbocycles. The average molecular weight is 198 g/mol. The Bertz CT molecular complexity index is 263. The fraction of sp³-hybridized carbons (Fsp3) is 0.700. The van der Waals surface area contributed by atoms with E-state index in [0.29, 0.717) is 19.6 Å². The summed E-state index contributed by atoms with van der Waals surface area (Å²) in [5, 5.41) is 8.64. The minimum absolute atomic E-state index is 0.500. The first-order valence-electron chi connectivity index (χ1n) is 4.90. The third-order valence-corrected chi connectivity index (χ3v) is 2.69. The van der Waals surface area contributed by atoms with Gasteiger partial charge in [-0.25, -0.2) is 4.79 Å². The van der Waals surface area contributed by atoms with Crippen LogP contribution in [0.5, 0.6) is 0 Å². The highest BCUT2D eigenvalue weighted by Gasteiger charge is 2.39. The Morgan fingerprint density at radius 1 is 1.43 bits per heavy atom. The molecule has 2 fully saturated rings. The zero-order valence-electron chi connectivity index (χ0n) is 7.99. The first-order valence-corrected chi connectivity index (χ1v) is 4.90. The molecule has 0 atom stereocenters. The molecule has 0 aromatic carbocycles. The van der Waals surface area contributed by atoms with Gasteiger partial charge in [0.25, 0.3) is 0 Å². The van der Waals surface area contributed by atoms with Crippen molar-refractivity contribution < 1.29 is 19.4 Å². The molecule has 0 unspecified atom stereocenters. The molecule has 1 aliphatic heterocycles. The van der Waals surface area contributed by atoms with Crippen LogP contribution in [0.1, 0.15) is 25.7 Å². The zero-order valence-corrected chi connectivity index (χ0v) is 7.99. The van der Waals surface area contributed by atoms with Gasteiger partial charge in [0.2, 0.25) is 0 Å². The van der Waals surface area contributed by atoms with Crippen LogP contribution in [0.25, 0.3) is 0 Å². The van der Waals surface area contributed by atoms with Crippen LogP contribution in [0.4, 0.5) is 0 Å². The lowest BCUT2D eigenvalue weighted by Gasteiger charge is -2.32. The molecule has 1 saturated heterocycles. The first kappa shape index (κ1) is 9.68. The van der Waals surface area contributed by atoms with Gasteiger partial charge in [0.15, 0.2) is 5.79 Å². The van der Waals surface area contributed by atoms with E-state index in [1.807, 2.05) is 0 Å². The molecule has 1 heterocycles. The molecule has 0 aromatic rings. The smallest absolute Gasteiger partial charge is 0.328 e. The third kappa shape index (κ3) is 1.96. The minimum atomic E-state index is -0.880. The quantitative estimate of drug-likeness (QED) is 0.645. The maximum Gasteiger partial charge on any atom is 0.328 e. The summed E-state index contributed by atoms with van der Waals surface area (Å²) in [7, 11) is 0. The molecular formula is C10H14O4. The van der Waals surface area contributed by atoms with Crippen molar-refractivity contribution in [2.24, 2.45) is 0 Å². The molecule has 1 N–H and O–H groups in total. The van der Waals surface area contributed by atoms with Crippen molar-refractivity contribution in [3.05, 3.63) is 11.6 Å². The predicted molar refractivity (Wildman–Crippen MR) is 48.8 cm³/mol. The second-order valence-corrected chi connectivity index (χ2v) is 3.78. The summed E-state index contributed by atoms with van der Waals surface area (Å²) < 4.78 is 11.1. The van der Waals surface area contributed by atoms with Crippen LogP contribution < -0.4 is 0 Å². The van der Waals surface area contributed by atoms with Crippen LogP contribution in [-0.4, -0.2) is 30.1 Å². The number of hydrogen-bond acceptors (Lipinski definition) is 3. The lowest BCUT2D eigenvalue weighted by molar-refractivity contribution is -0.167. The summed E-state index contributed by atoms with van der Waals surface area (Å²) in [6.45, 7) is 1.25. The highest BCUT2D eigenvalue weighted by molar-refractivity contribution is 5.80. The molecule has 1 spiro atoms. The number of carboxylic acid groups (broad SMARTS) is 1. The topological polar surface area (TPSA) is 55.8 Å². The van der Waals surface area contributed by atoms with Gasteiger partial charge in [-0.3, -0.25) is 0 Å². The van der Waals surface area contributed by atoms with E-state index in [4.69, 9.17) is 14.6 Å². The normalized spacial score (nSPS) is 28.4. The van der Waals surface area contributed by atoms with Crippen LogP contribution >= 0.6 is 0 Å². The van der Waals surface area contributed by atoms with Gasteiger partial charge in [0.05, 0.1) is 13.2 Å². The number of rotatable bonds is 1. The molecular weight excluding hydrogens is 184 g/mol. The van der Waals surface area contributed by atoms with Gasteiger partial charge in [0.1, 0.15) is 0 Å². The van der Waals surface area contributed by atoms with E-state index in [0.717, 1.165) is 24.8 Å². The molecule has 0 bridgehead atoms. The summed E-state index contributed by atoms with van der Waals surface area (Å²) in [4.78, 5) is 10.5. The van der Waals surface area contributed by atoms with Gasteiger partial charge in [-0.15, -0.1) is 0 Å². The minimum Gasteiger partial charge on any atom is -0.478 e. The SMILES string of the molecule is O=C(O)/C=C1/CCCC2(C1)OCCO2. The van der Waals surface area contributed by atoms with Gasteiger partial charge in [-0.05, 0) is 12.8 Å². The largest absolute Gasteiger partial charge is 0.478 e. The predicted octanol–water partition coefficient (Wildman–Crippen LogP) is 1.31. The molecule has 14 heavy (non-hydrogen) atoms. The molecule has 0 aromatic heterocycles. The Morgan fingerprint density at radius 2 is 2.14 bits per heavy atom. The fourth-order valence-electron chi connectivity index (χ4n) is 2.15. The van der Waals surface area contributed by atoms with E-state index in [-0.39, 0.29) is 0 Å². The van der Waals surface area contributed by atoms with Crippen molar-refractivity contribution in [1.29, 1.82) is 0 Å². The van der Waals surface area contributed by atoms with Crippen molar-refractivity contribution in [2.75, 3.05) is 13.2 Å². The van der Waals surface area contributed by atoms with Crippen molar-refractivity contribution in [3.8, 4) is 0 Å². The number of carbonyl (C=O) groups is 1. The molecule has 0 radical (unpaired) electrons. The Hall–Kier alpha value is -0.870. The summed E-state index contributed by atoms with van der Waals surface area (Å²) in [6.07, 6.45) is 4.56. The Labute approximate surface area is 82.5 Å². The Kier molecular flexibility index (Phi) is 2.56. The molecule has 4 heteroatoms. The number of hydrogen-bond donors (Lipinski definition) is 1. The van der Waals surface area contributed by atoms with Crippen molar-refractivity contribution in [1.82, 2.24) is 0 Å². The van der Waals surface area contributed by atoms with Crippen molar-refractivity contribution >= 4 is 5.97 Å². The number of ether oxygens (including phenoxy) is 2. The van der Waals surface area contributed by atoms with Gasteiger partial charge in [-0.2, -0.15) is 0 Å². The highest BCUT2D eigenvalue weighted by Crippen LogP contribution is 2.38. The lowest BCUT2D eigenvalue weighted by atomic mass is 9.89. The number of aliphatic carboxylic acids is 1. The van der Waals surface area contributed by atoms with Gasteiger partial charge in [-0.1, -0.05) is 5.57 Å². The average Bonchev–Trinajstić information content (AvgIpc) is 2.52. The van der Waals surface area contributed by atoms with E-state index in [9.17, 15) is 4.79 Å². The molecule has 2 aliphatic rings. The van der Waals surface area contributed by atoms with Gasteiger partial charge < -0.3 is 14.6 Å². The van der Waals surface area contributed by atoms with E-state index in [2.05, 4.69) is 0 Å². The second kappa shape index (κ2) is 3.71. The lowest BCUT2D eigenvalue weighted by Crippen LogP contribution is -2.33. The van der Waals surface area contributed by atoms with Crippen LogP contribution in [0.15, 0.2) is 11.6 Å². The van der Waals surface area contributed by atoms with Crippen molar-refractivity contribution in [2.45, 2.75) is 31.5 Å². The third-order valence-electron chi connectivity index (χ3n) is 2.69. The highest BCUT2D eigenvalue weighted by atomic mass is 16.7. The van der Waals surface area contributed by atoms with Crippen LogP contribution in [0, 0.1) is 0 Å². The van der Waals surface area contributed by atoms with Crippen LogP contribution in [-0.2, 0) is 14.3 Å². The summed E-state index contributed by atoms with van der Waals surface area (Å²) in [5.74, 6) is -1.38. The fourth-order valence-corrected chi connectivity index (χ4v) is 2.15. The van der Waals surface area contributed by atoms with Crippen molar-refractivity contribution in [3.63, 3.8) is 0 Å². The maximum atomic E-state index is 10.5. The van der Waals surface area contributed by atoms with Crippen LogP contribution in [0.3, 0.4) is 0 Å². The van der Waals surface area contributed by atoms with E-state index >= 15 is 0 Å². The van der Waals surface area contributed by atoms with E-state index in [1.165, 1.54) is 6.08 Å². The summed E-state index contributed by atoms with van der Waals surface area (Å²) in [6, 6.07) is 0. The summed E-state index contributed by atoms with van der Waals surface area (Å²) >= 11 is 0. The molecule has 78 valence electrons. The Morgan fingerprint density at radius 3 is 2.79 bits per heavy atom. The molecule has 4 nitrogen and oxygen atoms in total. The van der Waals surface area contributed by atoms with E-state index < -0.39 is 11.8 Å². The standard InChI is InChI=1S/C10H14O4/c11-9(12)6-8-2-1-3-10(7-8)13-4-5-14-10/h6H,1-5,7H2,(H,11,12)/b8-6-. The monoisotopic (exact) mass is 198 g/mol. The van der Waals surface area contributed by atoms with Gasteiger partial charge >= 0.3 is 5.97 Å². The zero-order chi connectivity index (χ0) is 10.0. The first-order chi connectivity index (χ1) is 6.70. The van der Waals surface area contributed by atoms with Gasteiger partial charge in [0, 0.05) is 18.9 Å². The molecule has 0 amide bonds. The Balaban J connectivity index is 2.07. The maximum absolute atomic E-state index is 10.5. The molecule has 1 aliphatic carbocycles. The van der Waals surface area contributed by atoms with E-state index in [1.54, 1.807) is 0 Å². The van der Waals surface area contributed by atoms with Crippen LogP contribution in [0.2, 0.25) is 0 Å². The second-order valence-electron chi connectivity index (χ2n) is 3.78. The number of carboxylic acids is 1. The summed E-state index contributed by atoms with van der Waals surface area (Å²) in [5.41, 5.74) is 0.922. The molecule has 2 rings (SSSR count).